The molecular formula is C23H19N5O6S. The summed E-state index contributed by atoms with van der Waals surface area (Å²) in [5.41, 5.74) is -1.10. The smallest absolute Gasteiger partial charge is 0.283 e. The van der Waals surface area contributed by atoms with Crippen molar-refractivity contribution in [3.63, 3.8) is 0 Å². The van der Waals surface area contributed by atoms with E-state index in [4.69, 9.17) is 0 Å². The molecule has 4 rings (SSSR count). The van der Waals surface area contributed by atoms with Crippen LogP contribution in [0, 0.1) is 17.0 Å². The third kappa shape index (κ3) is 4.10. The van der Waals surface area contributed by atoms with Crippen LogP contribution in [0.15, 0.2) is 88.8 Å². The fourth-order valence-corrected chi connectivity index (χ4v) is 5.09. The van der Waals surface area contributed by atoms with Gasteiger partial charge in [0.2, 0.25) is 0 Å². The van der Waals surface area contributed by atoms with Crippen LogP contribution in [-0.4, -0.2) is 33.6 Å². The molecule has 11 nitrogen and oxygen atoms in total. The fourth-order valence-electron chi connectivity index (χ4n) is 3.59. The number of amides is 1. The highest BCUT2D eigenvalue weighted by molar-refractivity contribution is 7.93. The number of aromatic nitrogens is 3. The lowest BCUT2D eigenvalue weighted by Crippen LogP contribution is -2.40. The molecule has 12 heteroatoms. The standard InChI is InChI=1S/C23H19N5O6S/c1-16-21(23(30)26(25(16)2)18-9-4-3-5-10-18)27(22(29)17-8-7-13-24-15-17)35(33,34)20-12-6-11-19(14-20)28(31)32/h3-15H,1-2H3. The lowest BCUT2D eigenvalue weighted by atomic mass is 10.2. The molecule has 0 atom stereocenters. The number of nitro groups is 1. The molecule has 178 valence electrons. The molecule has 0 aliphatic carbocycles. The Morgan fingerprint density at radius 2 is 1.77 bits per heavy atom. The molecule has 0 aliphatic heterocycles. The molecule has 0 fully saturated rings. The van der Waals surface area contributed by atoms with Crippen molar-refractivity contribution in [3.8, 4) is 5.69 Å². The van der Waals surface area contributed by atoms with Crippen LogP contribution in [0.1, 0.15) is 16.1 Å². The van der Waals surface area contributed by atoms with Crippen LogP contribution in [-0.2, 0) is 17.1 Å². The lowest BCUT2D eigenvalue weighted by Gasteiger charge is -2.21. The molecule has 2 aromatic carbocycles. The van der Waals surface area contributed by atoms with Gasteiger partial charge in [0.1, 0.15) is 5.69 Å². The maximum absolute atomic E-state index is 13.8. The fraction of sp³-hybridized carbons (Fsp3) is 0.0870. The predicted octanol–water partition coefficient (Wildman–Crippen LogP) is 2.82. The van der Waals surface area contributed by atoms with Gasteiger partial charge >= 0.3 is 0 Å². The first kappa shape index (κ1) is 23.6. The van der Waals surface area contributed by atoms with Crippen molar-refractivity contribution in [3.05, 3.63) is 111 Å². The number of carbonyl (C=O) groups excluding carboxylic acids is 1. The lowest BCUT2D eigenvalue weighted by molar-refractivity contribution is -0.385. The van der Waals surface area contributed by atoms with Gasteiger partial charge in [-0.05, 0) is 37.3 Å². The van der Waals surface area contributed by atoms with Gasteiger partial charge in [-0.2, -0.15) is 4.31 Å². The molecule has 0 saturated heterocycles. The number of para-hydroxylation sites is 1. The number of benzene rings is 2. The van der Waals surface area contributed by atoms with E-state index in [2.05, 4.69) is 4.98 Å². The summed E-state index contributed by atoms with van der Waals surface area (Å²) in [6.45, 7) is 1.50. The summed E-state index contributed by atoms with van der Waals surface area (Å²) in [7, 11) is -3.21. The molecule has 0 N–H and O–H groups in total. The number of pyridine rings is 1. The van der Waals surface area contributed by atoms with E-state index < -0.39 is 42.7 Å². The van der Waals surface area contributed by atoms with Crippen molar-refractivity contribution in [1.82, 2.24) is 14.3 Å². The Morgan fingerprint density at radius 3 is 2.40 bits per heavy atom. The molecule has 2 heterocycles. The van der Waals surface area contributed by atoms with E-state index in [1.165, 1.54) is 46.9 Å². The van der Waals surface area contributed by atoms with Gasteiger partial charge in [0.05, 0.1) is 26.8 Å². The SMILES string of the molecule is Cc1c(N(C(=O)c2cccnc2)S(=O)(=O)c2cccc([N+](=O)[O-])c2)c(=O)n(-c2ccccc2)n1C. The average Bonchev–Trinajstić information content (AvgIpc) is 3.08. The third-order valence-corrected chi connectivity index (χ3v) is 7.07. The molecule has 0 aliphatic rings. The van der Waals surface area contributed by atoms with Crippen molar-refractivity contribution in [1.29, 1.82) is 0 Å². The summed E-state index contributed by atoms with van der Waals surface area (Å²) in [6.07, 6.45) is 2.58. The molecule has 2 aromatic heterocycles. The van der Waals surface area contributed by atoms with E-state index in [0.717, 1.165) is 18.2 Å². The van der Waals surface area contributed by atoms with Crippen LogP contribution in [0.25, 0.3) is 5.69 Å². The summed E-state index contributed by atoms with van der Waals surface area (Å²) in [5, 5.41) is 11.3. The molecule has 35 heavy (non-hydrogen) atoms. The highest BCUT2D eigenvalue weighted by Gasteiger charge is 2.38. The monoisotopic (exact) mass is 493 g/mol. The average molecular weight is 494 g/mol. The van der Waals surface area contributed by atoms with Crippen molar-refractivity contribution in [2.24, 2.45) is 7.05 Å². The third-order valence-electron chi connectivity index (χ3n) is 5.39. The van der Waals surface area contributed by atoms with Gasteiger partial charge in [-0.15, -0.1) is 0 Å². The summed E-state index contributed by atoms with van der Waals surface area (Å²) in [6, 6.07) is 15.6. The Labute approximate surface area is 199 Å². The Balaban J connectivity index is 2.01. The van der Waals surface area contributed by atoms with Gasteiger partial charge in [0, 0.05) is 31.6 Å². The minimum absolute atomic E-state index is 0.0876. The van der Waals surface area contributed by atoms with Gasteiger partial charge in [-0.3, -0.25) is 29.4 Å². The second kappa shape index (κ2) is 8.99. The van der Waals surface area contributed by atoms with E-state index in [9.17, 15) is 28.1 Å². The number of hydrogen-bond acceptors (Lipinski definition) is 7. The minimum Gasteiger partial charge on any atom is -0.283 e. The Bertz CT molecular complexity index is 1590. The maximum Gasteiger partial charge on any atom is 0.296 e. The number of carbonyl (C=O) groups is 1. The largest absolute Gasteiger partial charge is 0.296 e. The zero-order valence-electron chi connectivity index (χ0n) is 18.6. The first-order chi connectivity index (χ1) is 16.6. The van der Waals surface area contributed by atoms with Crippen LogP contribution in [0.2, 0.25) is 0 Å². The Kier molecular flexibility index (Phi) is 6.05. The number of rotatable bonds is 6. The Hall–Kier alpha value is -4.58. The number of nitro benzene ring substituents is 1. The van der Waals surface area contributed by atoms with Gasteiger partial charge in [0.15, 0.2) is 0 Å². The zero-order chi connectivity index (χ0) is 25.3. The number of anilines is 1. The first-order valence-corrected chi connectivity index (χ1v) is 11.7. The molecule has 0 radical (unpaired) electrons. The Morgan fingerprint density at radius 1 is 1.06 bits per heavy atom. The summed E-state index contributed by atoms with van der Waals surface area (Å²) < 4.78 is 30.6. The van der Waals surface area contributed by atoms with E-state index >= 15 is 0 Å². The highest BCUT2D eigenvalue weighted by atomic mass is 32.2. The van der Waals surface area contributed by atoms with E-state index in [1.807, 2.05) is 0 Å². The van der Waals surface area contributed by atoms with Gasteiger partial charge < -0.3 is 0 Å². The number of hydrogen-bond donors (Lipinski definition) is 0. The van der Waals surface area contributed by atoms with E-state index in [1.54, 1.807) is 37.4 Å². The van der Waals surface area contributed by atoms with Crippen molar-refractivity contribution >= 4 is 27.3 Å². The number of non-ortho nitro benzene ring substituents is 1. The van der Waals surface area contributed by atoms with Crippen molar-refractivity contribution in [2.45, 2.75) is 11.8 Å². The van der Waals surface area contributed by atoms with Crippen LogP contribution in [0.5, 0.6) is 0 Å². The van der Waals surface area contributed by atoms with Gasteiger partial charge in [0.25, 0.3) is 27.2 Å². The van der Waals surface area contributed by atoms with Gasteiger partial charge in [-0.25, -0.2) is 13.1 Å². The quantitative estimate of drug-likeness (QED) is 0.297. The number of sulfonamides is 1. The zero-order valence-corrected chi connectivity index (χ0v) is 19.4. The summed E-state index contributed by atoms with van der Waals surface area (Å²) >= 11 is 0. The molecule has 0 bridgehead atoms. The second-order valence-electron chi connectivity index (χ2n) is 7.48. The second-order valence-corrected chi connectivity index (χ2v) is 9.27. The first-order valence-electron chi connectivity index (χ1n) is 10.2. The summed E-state index contributed by atoms with van der Waals surface area (Å²) in [5.74, 6) is -1.03. The van der Waals surface area contributed by atoms with Gasteiger partial charge in [-0.1, -0.05) is 24.3 Å². The van der Waals surface area contributed by atoms with Crippen LogP contribution in [0.3, 0.4) is 0 Å². The highest BCUT2D eigenvalue weighted by Crippen LogP contribution is 2.29. The van der Waals surface area contributed by atoms with Crippen LogP contribution < -0.4 is 9.86 Å². The molecule has 0 unspecified atom stereocenters. The maximum atomic E-state index is 13.8. The van der Waals surface area contributed by atoms with E-state index in [-0.39, 0.29) is 11.3 Å². The normalized spacial score (nSPS) is 11.3. The predicted molar refractivity (Wildman–Crippen MR) is 127 cm³/mol. The molecule has 0 spiro atoms. The summed E-state index contributed by atoms with van der Waals surface area (Å²) in [4.78, 5) is 41.0. The van der Waals surface area contributed by atoms with Crippen LogP contribution >= 0.6 is 0 Å². The minimum atomic E-state index is -4.76. The molecular weight excluding hydrogens is 474 g/mol. The van der Waals surface area contributed by atoms with Crippen molar-refractivity contribution in [2.75, 3.05) is 4.31 Å². The molecule has 4 aromatic rings. The molecule has 0 saturated carbocycles. The van der Waals surface area contributed by atoms with Crippen molar-refractivity contribution < 1.29 is 18.1 Å². The van der Waals surface area contributed by atoms with E-state index in [0.29, 0.717) is 9.99 Å². The number of nitrogens with zero attached hydrogens (tertiary/aromatic N) is 5. The molecule has 1 amide bonds. The topological polar surface area (TPSA) is 137 Å². The van der Waals surface area contributed by atoms with Crippen LogP contribution in [0.4, 0.5) is 11.4 Å².